The van der Waals surface area contributed by atoms with Gasteiger partial charge < -0.3 is 14.2 Å². The highest BCUT2D eigenvalue weighted by Crippen LogP contribution is 2.28. The van der Waals surface area contributed by atoms with E-state index in [9.17, 15) is 9.59 Å². The van der Waals surface area contributed by atoms with E-state index in [0.717, 1.165) is 45.1 Å². The fourth-order valence-electron chi connectivity index (χ4n) is 3.62. The first-order valence-corrected chi connectivity index (χ1v) is 10.2. The number of esters is 2. The van der Waals surface area contributed by atoms with Gasteiger partial charge in [-0.15, -0.1) is 0 Å². The van der Waals surface area contributed by atoms with E-state index in [0.29, 0.717) is 13.2 Å². The van der Waals surface area contributed by atoms with E-state index in [-0.39, 0.29) is 36.6 Å². The molecule has 156 valence electrons. The fourth-order valence-corrected chi connectivity index (χ4v) is 3.62. The molecule has 7 nitrogen and oxygen atoms in total. The molecule has 1 aliphatic carbocycles. The van der Waals surface area contributed by atoms with Crippen molar-refractivity contribution in [2.75, 3.05) is 26.4 Å². The maximum atomic E-state index is 11.8. The van der Waals surface area contributed by atoms with Crippen molar-refractivity contribution in [3.05, 3.63) is 0 Å². The molecule has 1 heterocycles. The van der Waals surface area contributed by atoms with E-state index >= 15 is 0 Å². The molecule has 0 bridgehead atoms. The van der Waals surface area contributed by atoms with Gasteiger partial charge in [0.1, 0.15) is 5.60 Å². The number of ether oxygens (including phenoxy) is 3. The minimum absolute atomic E-state index is 0.0185. The van der Waals surface area contributed by atoms with Gasteiger partial charge in [0.25, 0.3) is 0 Å². The van der Waals surface area contributed by atoms with Gasteiger partial charge in [-0.3, -0.25) is 9.63 Å². The Morgan fingerprint density at radius 3 is 2.41 bits per heavy atom. The molecule has 2 fully saturated rings. The molecule has 1 atom stereocenters. The molecule has 0 N–H and O–H groups in total. The third kappa shape index (κ3) is 7.76. The van der Waals surface area contributed by atoms with E-state index in [4.69, 9.17) is 19.0 Å². The van der Waals surface area contributed by atoms with E-state index in [1.165, 1.54) is 0 Å². The first-order chi connectivity index (χ1) is 12.8. The van der Waals surface area contributed by atoms with Crippen molar-refractivity contribution in [1.82, 2.24) is 5.06 Å². The van der Waals surface area contributed by atoms with E-state index in [1.54, 1.807) is 0 Å². The van der Waals surface area contributed by atoms with Gasteiger partial charge in [-0.25, -0.2) is 4.79 Å². The molecule has 7 heteroatoms. The summed E-state index contributed by atoms with van der Waals surface area (Å²) >= 11 is 0. The summed E-state index contributed by atoms with van der Waals surface area (Å²) < 4.78 is 16.5. The van der Waals surface area contributed by atoms with Crippen molar-refractivity contribution in [3.8, 4) is 0 Å². The van der Waals surface area contributed by atoms with Crippen LogP contribution in [0.1, 0.15) is 66.2 Å². The molecule has 1 aliphatic heterocycles. The molecule has 0 aromatic carbocycles. The van der Waals surface area contributed by atoms with Crippen molar-refractivity contribution < 1.29 is 28.6 Å². The van der Waals surface area contributed by atoms with Gasteiger partial charge in [0.05, 0.1) is 31.3 Å². The molecule has 0 aromatic rings. The van der Waals surface area contributed by atoms with Crippen LogP contribution in [0.2, 0.25) is 0 Å². The van der Waals surface area contributed by atoms with Crippen LogP contribution in [-0.2, 0) is 28.6 Å². The maximum Gasteiger partial charge on any atom is 0.334 e. The largest absolute Gasteiger partial charge is 0.466 e. The van der Waals surface area contributed by atoms with Crippen LogP contribution in [0.25, 0.3) is 0 Å². The van der Waals surface area contributed by atoms with Crippen molar-refractivity contribution in [3.63, 3.8) is 0 Å². The Morgan fingerprint density at radius 2 is 1.78 bits per heavy atom. The van der Waals surface area contributed by atoms with Gasteiger partial charge in [0, 0.05) is 6.54 Å². The lowest BCUT2D eigenvalue weighted by molar-refractivity contribution is -0.203. The van der Waals surface area contributed by atoms with Gasteiger partial charge in [-0.05, 0) is 66.2 Å². The predicted octanol–water partition coefficient (Wildman–Crippen LogP) is 2.86. The van der Waals surface area contributed by atoms with Crippen molar-refractivity contribution >= 4 is 11.9 Å². The van der Waals surface area contributed by atoms with Crippen LogP contribution in [0.3, 0.4) is 0 Å². The number of rotatable bonds is 8. The average Bonchev–Trinajstić information content (AvgIpc) is 3.05. The monoisotopic (exact) mass is 385 g/mol. The summed E-state index contributed by atoms with van der Waals surface area (Å²) in [4.78, 5) is 29.3. The standard InChI is InChI=1S/C20H35NO6/c1-5-24-19(23)15-8-10-17(11-9-15)25-13-16-7-6-12-21(16)26-14-18(22)27-20(2,3)4/h15-17H,5-14H2,1-4H3/t15-,16-,17-/m0/s1. The molecule has 0 amide bonds. The van der Waals surface area contributed by atoms with E-state index < -0.39 is 5.60 Å². The minimum atomic E-state index is -0.504. The second-order valence-corrected chi connectivity index (χ2v) is 8.36. The van der Waals surface area contributed by atoms with Gasteiger partial charge in [-0.2, -0.15) is 5.06 Å². The molecule has 0 radical (unpaired) electrons. The Balaban J connectivity index is 1.66. The van der Waals surface area contributed by atoms with Crippen molar-refractivity contribution in [2.45, 2.75) is 84.0 Å². The zero-order chi connectivity index (χ0) is 19.9. The van der Waals surface area contributed by atoms with Crippen LogP contribution in [-0.4, -0.2) is 61.1 Å². The Morgan fingerprint density at radius 1 is 1.07 bits per heavy atom. The molecule has 0 spiro atoms. The Kier molecular flexibility index (Phi) is 8.51. The predicted molar refractivity (Wildman–Crippen MR) is 99.9 cm³/mol. The highest BCUT2D eigenvalue weighted by Gasteiger charge is 2.31. The van der Waals surface area contributed by atoms with Gasteiger partial charge >= 0.3 is 11.9 Å². The van der Waals surface area contributed by atoms with Gasteiger partial charge in [0.15, 0.2) is 6.61 Å². The number of nitrogens with zero attached hydrogens (tertiary/aromatic N) is 1. The van der Waals surface area contributed by atoms with Crippen LogP contribution in [0.5, 0.6) is 0 Å². The fraction of sp³-hybridized carbons (Fsp3) is 0.900. The molecule has 0 unspecified atom stereocenters. The zero-order valence-electron chi connectivity index (χ0n) is 17.2. The lowest BCUT2D eigenvalue weighted by Gasteiger charge is -2.30. The molecule has 0 aromatic heterocycles. The number of hydrogen-bond acceptors (Lipinski definition) is 7. The third-order valence-electron chi connectivity index (χ3n) is 4.91. The minimum Gasteiger partial charge on any atom is -0.466 e. The second kappa shape index (κ2) is 10.4. The Labute approximate surface area is 162 Å². The number of carbonyl (C=O) groups excluding carboxylic acids is 2. The molecule has 2 rings (SSSR count). The molecule has 27 heavy (non-hydrogen) atoms. The molecule has 1 saturated carbocycles. The Hall–Kier alpha value is -1.18. The lowest BCUT2D eigenvalue weighted by atomic mass is 9.87. The first-order valence-electron chi connectivity index (χ1n) is 10.2. The molecular weight excluding hydrogens is 350 g/mol. The summed E-state index contributed by atoms with van der Waals surface area (Å²) in [5, 5.41) is 1.86. The average molecular weight is 386 g/mol. The highest BCUT2D eigenvalue weighted by atomic mass is 16.7. The number of carbonyl (C=O) groups is 2. The molecule has 1 saturated heterocycles. The topological polar surface area (TPSA) is 74.3 Å². The third-order valence-corrected chi connectivity index (χ3v) is 4.91. The summed E-state index contributed by atoms with van der Waals surface area (Å²) in [6.07, 6.45) is 5.62. The first kappa shape index (κ1) is 22.1. The normalized spacial score (nSPS) is 26.7. The number of hydrogen-bond donors (Lipinski definition) is 0. The number of hydroxylamine groups is 2. The van der Waals surface area contributed by atoms with Gasteiger partial charge in [0.2, 0.25) is 0 Å². The van der Waals surface area contributed by atoms with Crippen LogP contribution in [0, 0.1) is 5.92 Å². The lowest BCUT2D eigenvalue weighted by Crippen LogP contribution is -2.38. The van der Waals surface area contributed by atoms with Crippen LogP contribution in [0.4, 0.5) is 0 Å². The van der Waals surface area contributed by atoms with Crippen molar-refractivity contribution in [1.29, 1.82) is 0 Å². The van der Waals surface area contributed by atoms with Gasteiger partial charge in [-0.1, -0.05) is 0 Å². The smallest absolute Gasteiger partial charge is 0.334 e. The van der Waals surface area contributed by atoms with E-state index in [2.05, 4.69) is 0 Å². The summed E-state index contributed by atoms with van der Waals surface area (Å²) in [5.41, 5.74) is -0.504. The Bertz CT molecular complexity index is 481. The maximum absolute atomic E-state index is 11.8. The van der Waals surface area contributed by atoms with Crippen LogP contribution < -0.4 is 0 Å². The molecule has 2 aliphatic rings. The summed E-state index contributed by atoms with van der Waals surface area (Å²) in [6.45, 7) is 9.12. The summed E-state index contributed by atoms with van der Waals surface area (Å²) in [7, 11) is 0. The van der Waals surface area contributed by atoms with Crippen molar-refractivity contribution in [2.24, 2.45) is 5.92 Å². The SMILES string of the molecule is CCOC(=O)[C@H]1CC[C@H](OC[C@@H]2CCCN2OCC(=O)OC(C)(C)C)CC1. The molecular formula is C20H35NO6. The zero-order valence-corrected chi connectivity index (χ0v) is 17.2. The highest BCUT2D eigenvalue weighted by molar-refractivity contribution is 5.72. The van der Waals surface area contributed by atoms with Crippen LogP contribution >= 0.6 is 0 Å². The summed E-state index contributed by atoms with van der Waals surface area (Å²) in [6, 6.07) is 0.162. The van der Waals surface area contributed by atoms with Crippen LogP contribution in [0.15, 0.2) is 0 Å². The second-order valence-electron chi connectivity index (χ2n) is 8.36. The quantitative estimate of drug-likeness (QED) is 0.595. The van der Waals surface area contributed by atoms with E-state index in [1.807, 2.05) is 32.8 Å². The summed E-state index contributed by atoms with van der Waals surface area (Å²) in [5.74, 6) is -0.412.